The maximum atomic E-state index is 11.9. The van der Waals surface area contributed by atoms with E-state index in [1.54, 1.807) is 6.07 Å². The second-order valence-electron chi connectivity index (χ2n) is 3.76. The van der Waals surface area contributed by atoms with Crippen molar-refractivity contribution in [2.45, 2.75) is 19.8 Å². The Balaban J connectivity index is 2.55. The first kappa shape index (κ1) is 13.5. The molecule has 0 fully saturated rings. The highest BCUT2D eigenvalue weighted by Gasteiger charge is 2.08. The van der Waals surface area contributed by atoms with Crippen molar-refractivity contribution in [3.8, 4) is 0 Å². The maximum Gasteiger partial charge on any atom is 0.253 e. The lowest BCUT2D eigenvalue weighted by Gasteiger charge is -2.10. The second kappa shape index (κ2) is 7.68. The number of carbonyl (C=O) groups excluding carboxylic acids is 1. The van der Waals surface area contributed by atoms with Crippen LogP contribution in [0.5, 0.6) is 0 Å². The van der Waals surface area contributed by atoms with E-state index in [4.69, 9.17) is 5.11 Å². The van der Waals surface area contributed by atoms with Crippen molar-refractivity contribution in [3.63, 3.8) is 0 Å². The molecule has 0 saturated heterocycles. The van der Waals surface area contributed by atoms with Crippen molar-refractivity contribution >= 4 is 11.6 Å². The summed E-state index contributed by atoms with van der Waals surface area (Å²) in [4.78, 5) is 11.9. The van der Waals surface area contributed by atoms with Crippen LogP contribution in [0.1, 0.15) is 30.1 Å². The third-order valence-electron chi connectivity index (χ3n) is 2.41. The van der Waals surface area contributed by atoms with Crippen LogP contribution < -0.4 is 10.6 Å². The van der Waals surface area contributed by atoms with E-state index in [9.17, 15) is 4.79 Å². The maximum absolute atomic E-state index is 11.9. The van der Waals surface area contributed by atoms with Crippen LogP contribution in [-0.2, 0) is 0 Å². The SMILES string of the molecule is CCNc1ccccc1C(=O)NCCCCO. The molecular formula is C13H20N2O2. The summed E-state index contributed by atoms with van der Waals surface area (Å²) in [5.41, 5.74) is 1.52. The molecule has 1 rings (SSSR count). The van der Waals surface area contributed by atoms with E-state index in [0.717, 1.165) is 25.1 Å². The molecule has 4 nitrogen and oxygen atoms in total. The Kier molecular flexibility index (Phi) is 6.10. The van der Waals surface area contributed by atoms with Crippen molar-refractivity contribution < 1.29 is 9.90 Å². The molecule has 0 saturated carbocycles. The standard InChI is InChI=1S/C13H20N2O2/c1-2-14-12-8-4-3-7-11(12)13(17)15-9-5-6-10-16/h3-4,7-8,14,16H,2,5-6,9-10H2,1H3,(H,15,17). The minimum absolute atomic E-state index is 0.0699. The van der Waals surface area contributed by atoms with Crippen molar-refractivity contribution in [1.29, 1.82) is 0 Å². The number of benzene rings is 1. The number of rotatable bonds is 7. The predicted octanol–water partition coefficient (Wildman–Crippen LogP) is 1.62. The topological polar surface area (TPSA) is 61.4 Å². The lowest BCUT2D eigenvalue weighted by molar-refractivity contribution is 0.0953. The van der Waals surface area contributed by atoms with Gasteiger partial charge < -0.3 is 15.7 Å². The van der Waals surface area contributed by atoms with Crippen LogP contribution in [0.4, 0.5) is 5.69 Å². The lowest BCUT2D eigenvalue weighted by atomic mass is 10.1. The zero-order chi connectivity index (χ0) is 12.5. The third kappa shape index (κ3) is 4.44. The van der Waals surface area contributed by atoms with Gasteiger partial charge in [0.1, 0.15) is 0 Å². The normalized spacial score (nSPS) is 10.0. The molecule has 0 heterocycles. The van der Waals surface area contributed by atoms with Crippen LogP contribution >= 0.6 is 0 Å². The predicted molar refractivity (Wildman–Crippen MR) is 69.3 cm³/mol. The van der Waals surface area contributed by atoms with Crippen molar-refractivity contribution in [3.05, 3.63) is 29.8 Å². The number of aliphatic hydroxyl groups is 1. The summed E-state index contributed by atoms with van der Waals surface area (Å²) in [6.45, 7) is 3.55. The first-order valence-corrected chi connectivity index (χ1v) is 6.01. The molecule has 0 atom stereocenters. The Morgan fingerprint density at radius 1 is 1.29 bits per heavy atom. The molecule has 3 N–H and O–H groups in total. The quantitative estimate of drug-likeness (QED) is 0.630. The molecule has 1 aromatic carbocycles. The van der Waals surface area contributed by atoms with Crippen LogP contribution in [0.2, 0.25) is 0 Å². The number of anilines is 1. The molecular weight excluding hydrogens is 216 g/mol. The highest BCUT2D eigenvalue weighted by atomic mass is 16.2. The average molecular weight is 236 g/mol. The van der Waals surface area contributed by atoms with Gasteiger partial charge in [0.15, 0.2) is 0 Å². The van der Waals surface area contributed by atoms with Gasteiger partial charge in [-0.15, -0.1) is 0 Å². The molecule has 0 aliphatic carbocycles. The monoisotopic (exact) mass is 236 g/mol. The lowest BCUT2D eigenvalue weighted by Crippen LogP contribution is -2.25. The number of carbonyl (C=O) groups is 1. The van der Waals surface area contributed by atoms with Gasteiger partial charge in [-0.25, -0.2) is 0 Å². The largest absolute Gasteiger partial charge is 0.396 e. The number of unbranched alkanes of at least 4 members (excludes halogenated alkanes) is 1. The summed E-state index contributed by atoms with van der Waals surface area (Å²) >= 11 is 0. The molecule has 0 unspecified atom stereocenters. The van der Waals surface area contributed by atoms with Crippen molar-refractivity contribution in [2.75, 3.05) is 25.0 Å². The van der Waals surface area contributed by atoms with E-state index in [1.165, 1.54) is 0 Å². The summed E-state index contributed by atoms with van der Waals surface area (Å²) in [6, 6.07) is 7.45. The minimum atomic E-state index is -0.0699. The van der Waals surface area contributed by atoms with E-state index in [-0.39, 0.29) is 12.5 Å². The molecule has 0 spiro atoms. The summed E-state index contributed by atoms with van der Waals surface area (Å²) in [5.74, 6) is -0.0699. The summed E-state index contributed by atoms with van der Waals surface area (Å²) in [5, 5.41) is 14.6. The number of para-hydroxylation sites is 1. The van der Waals surface area contributed by atoms with Crippen LogP contribution in [0, 0.1) is 0 Å². The molecule has 0 aliphatic rings. The number of amides is 1. The van der Waals surface area contributed by atoms with Gasteiger partial charge in [-0.05, 0) is 31.9 Å². The average Bonchev–Trinajstić information content (AvgIpc) is 2.35. The van der Waals surface area contributed by atoms with E-state index in [2.05, 4.69) is 10.6 Å². The summed E-state index contributed by atoms with van der Waals surface area (Å²) in [7, 11) is 0. The minimum Gasteiger partial charge on any atom is -0.396 e. The van der Waals surface area contributed by atoms with Gasteiger partial charge in [-0.3, -0.25) is 4.79 Å². The van der Waals surface area contributed by atoms with Crippen molar-refractivity contribution in [1.82, 2.24) is 5.32 Å². The molecule has 0 bridgehead atoms. The molecule has 0 radical (unpaired) electrons. The van der Waals surface area contributed by atoms with Gasteiger partial charge in [0.05, 0.1) is 5.56 Å². The highest BCUT2D eigenvalue weighted by Crippen LogP contribution is 2.14. The Bertz CT molecular complexity index is 353. The van der Waals surface area contributed by atoms with Crippen LogP contribution in [0.25, 0.3) is 0 Å². The molecule has 94 valence electrons. The van der Waals surface area contributed by atoms with Gasteiger partial charge in [-0.1, -0.05) is 12.1 Å². The second-order valence-corrected chi connectivity index (χ2v) is 3.76. The Hall–Kier alpha value is -1.55. The number of aliphatic hydroxyl groups excluding tert-OH is 1. The summed E-state index contributed by atoms with van der Waals surface area (Å²) in [6.07, 6.45) is 1.51. The summed E-state index contributed by atoms with van der Waals surface area (Å²) < 4.78 is 0. The third-order valence-corrected chi connectivity index (χ3v) is 2.41. The van der Waals surface area contributed by atoms with Gasteiger partial charge >= 0.3 is 0 Å². The number of nitrogens with one attached hydrogen (secondary N) is 2. The van der Waals surface area contributed by atoms with Crippen molar-refractivity contribution in [2.24, 2.45) is 0 Å². The fraction of sp³-hybridized carbons (Fsp3) is 0.462. The zero-order valence-electron chi connectivity index (χ0n) is 10.2. The Labute approximate surface area is 102 Å². The zero-order valence-corrected chi connectivity index (χ0v) is 10.2. The Morgan fingerprint density at radius 2 is 2.06 bits per heavy atom. The van der Waals surface area contributed by atoms with Crippen LogP contribution in [0.15, 0.2) is 24.3 Å². The van der Waals surface area contributed by atoms with E-state index in [1.807, 2.05) is 25.1 Å². The van der Waals surface area contributed by atoms with Gasteiger partial charge in [0.25, 0.3) is 5.91 Å². The number of hydrogen-bond acceptors (Lipinski definition) is 3. The molecule has 4 heteroatoms. The Morgan fingerprint density at radius 3 is 2.76 bits per heavy atom. The molecule has 1 amide bonds. The van der Waals surface area contributed by atoms with Gasteiger partial charge in [0, 0.05) is 25.4 Å². The molecule has 17 heavy (non-hydrogen) atoms. The highest BCUT2D eigenvalue weighted by molar-refractivity contribution is 5.99. The fourth-order valence-corrected chi connectivity index (χ4v) is 1.56. The van der Waals surface area contributed by atoms with E-state index >= 15 is 0 Å². The first-order chi connectivity index (χ1) is 8.29. The number of hydrogen-bond donors (Lipinski definition) is 3. The van der Waals surface area contributed by atoms with Gasteiger partial charge in [0.2, 0.25) is 0 Å². The molecule has 0 aromatic heterocycles. The fourth-order valence-electron chi connectivity index (χ4n) is 1.56. The van der Waals surface area contributed by atoms with E-state index < -0.39 is 0 Å². The molecule has 1 aromatic rings. The smallest absolute Gasteiger partial charge is 0.253 e. The van der Waals surface area contributed by atoms with E-state index in [0.29, 0.717) is 12.1 Å². The van der Waals surface area contributed by atoms with Gasteiger partial charge in [-0.2, -0.15) is 0 Å². The van der Waals surface area contributed by atoms with Crippen LogP contribution in [-0.4, -0.2) is 30.7 Å². The van der Waals surface area contributed by atoms with Crippen LogP contribution in [0.3, 0.4) is 0 Å². The molecule has 0 aliphatic heterocycles. The first-order valence-electron chi connectivity index (χ1n) is 6.01.